The maximum absolute atomic E-state index is 12.5. The zero-order valence-electron chi connectivity index (χ0n) is 14.7. The fourth-order valence-electron chi connectivity index (χ4n) is 2.79. The van der Waals surface area contributed by atoms with Crippen LogP contribution in [0, 0.1) is 0 Å². The molecule has 0 saturated heterocycles. The van der Waals surface area contributed by atoms with Gasteiger partial charge in [-0.3, -0.25) is 4.79 Å². The van der Waals surface area contributed by atoms with Crippen molar-refractivity contribution in [2.24, 2.45) is 0 Å². The number of ether oxygens (including phenoxy) is 1. The minimum atomic E-state index is -0.247. The monoisotopic (exact) mass is 359 g/mol. The fraction of sp³-hybridized carbons (Fsp3) is 0.100. The van der Waals surface area contributed by atoms with Crippen molar-refractivity contribution < 1.29 is 9.53 Å². The van der Waals surface area contributed by atoms with Crippen LogP contribution in [0.1, 0.15) is 16.2 Å². The van der Waals surface area contributed by atoms with E-state index in [0.29, 0.717) is 22.8 Å². The van der Waals surface area contributed by atoms with Gasteiger partial charge in [0.15, 0.2) is 11.5 Å². The number of carbonyl (C=O) groups is 1. The van der Waals surface area contributed by atoms with Crippen molar-refractivity contribution in [2.45, 2.75) is 6.54 Å². The zero-order valence-corrected chi connectivity index (χ0v) is 14.7. The molecule has 134 valence electrons. The lowest BCUT2D eigenvalue weighted by Crippen LogP contribution is -2.24. The highest BCUT2D eigenvalue weighted by atomic mass is 16.5. The number of hydrogen-bond donors (Lipinski definition) is 1. The van der Waals surface area contributed by atoms with Crippen LogP contribution in [0.2, 0.25) is 0 Å². The van der Waals surface area contributed by atoms with Crippen molar-refractivity contribution in [3.63, 3.8) is 0 Å². The van der Waals surface area contributed by atoms with E-state index >= 15 is 0 Å². The molecule has 0 atom stereocenters. The molecule has 27 heavy (non-hydrogen) atoms. The first-order valence-corrected chi connectivity index (χ1v) is 8.44. The number of hydrogen-bond acceptors (Lipinski definition) is 5. The summed E-state index contributed by atoms with van der Waals surface area (Å²) in [6, 6.07) is 20.7. The maximum atomic E-state index is 12.5. The summed E-state index contributed by atoms with van der Waals surface area (Å²) < 4.78 is 6.88. The van der Waals surface area contributed by atoms with Crippen LogP contribution in [0.15, 0.2) is 66.7 Å². The number of rotatable bonds is 5. The lowest BCUT2D eigenvalue weighted by molar-refractivity contribution is 0.0946. The Kier molecular flexibility index (Phi) is 4.49. The Balaban J connectivity index is 1.58. The summed E-state index contributed by atoms with van der Waals surface area (Å²) in [7, 11) is 1.53. The second-order valence-corrected chi connectivity index (χ2v) is 5.85. The minimum Gasteiger partial charge on any atom is -0.496 e. The van der Waals surface area contributed by atoms with Crippen LogP contribution in [-0.2, 0) is 6.54 Å². The second-order valence-electron chi connectivity index (χ2n) is 5.85. The Labute approximate surface area is 155 Å². The predicted molar refractivity (Wildman–Crippen MR) is 100 cm³/mol. The van der Waals surface area contributed by atoms with Crippen molar-refractivity contribution in [2.75, 3.05) is 7.11 Å². The van der Waals surface area contributed by atoms with E-state index in [4.69, 9.17) is 4.74 Å². The summed E-state index contributed by atoms with van der Waals surface area (Å²) >= 11 is 0. The van der Waals surface area contributed by atoms with Gasteiger partial charge in [0.2, 0.25) is 0 Å². The lowest BCUT2D eigenvalue weighted by atomic mass is 10.1. The summed E-state index contributed by atoms with van der Waals surface area (Å²) in [6.07, 6.45) is 0. The summed E-state index contributed by atoms with van der Waals surface area (Å²) in [4.78, 5) is 12.5. The fourth-order valence-corrected chi connectivity index (χ4v) is 2.79. The summed E-state index contributed by atoms with van der Waals surface area (Å²) in [5.41, 5.74) is 2.89. The average Bonchev–Trinajstić information content (AvgIpc) is 3.14. The molecule has 0 fully saturated rings. The Morgan fingerprint density at radius 3 is 2.59 bits per heavy atom. The molecule has 7 heteroatoms. The van der Waals surface area contributed by atoms with E-state index in [1.165, 1.54) is 7.11 Å². The Hall–Kier alpha value is -3.74. The number of amides is 1. The van der Waals surface area contributed by atoms with Gasteiger partial charge >= 0.3 is 0 Å². The maximum Gasteiger partial charge on any atom is 0.255 e. The van der Waals surface area contributed by atoms with E-state index in [1.807, 2.05) is 48.5 Å². The molecule has 0 radical (unpaired) electrons. The normalized spacial score (nSPS) is 10.7. The SMILES string of the molecule is COc1ccccc1C(=O)NCc1nnc2ccc(-c3ccccc3)nn12. The molecule has 2 aromatic heterocycles. The van der Waals surface area contributed by atoms with Crippen molar-refractivity contribution >= 4 is 11.6 Å². The molecular formula is C20H17N5O2. The average molecular weight is 359 g/mol. The summed E-state index contributed by atoms with van der Waals surface area (Å²) in [5, 5.41) is 15.7. The molecular weight excluding hydrogens is 342 g/mol. The third-order valence-electron chi connectivity index (χ3n) is 4.16. The molecule has 2 aromatic carbocycles. The highest BCUT2D eigenvalue weighted by Gasteiger charge is 2.14. The van der Waals surface area contributed by atoms with E-state index in [2.05, 4.69) is 20.6 Å². The predicted octanol–water partition coefficient (Wildman–Crippen LogP) is 2.73. The Bertz CT molecular complexity index is 1090. The number of para-hydroxylation sites is 1. The minimum absolute atomic E-state index is 0.198. The molecule has 4 rings (SSSR count). The second kappa shape index (κ2) is 7.25. The third-order valence-corrected chi connectivity index (χ3v) is 4.16. The standard InChI is InChI=1S/C20H17N5O2/c1-27-17-10-6-5-9-15(17)20(26)21-13-19-23-22-18-12-11-16(24-25(18)19)14-7-3-2-4-8-14/h2-12H,13H2,1H3,(H,21,26). The van der Waals surface area contributed by atoms with E-state index in [0.717, 1.165) is 11.3 Å². The van der Waals surface area contributed by atoms with Gasteiger partial charge in [-0.05, 0) is 24.3 Å². The van der Waals surface area contributed by atoms with Gasteiger partial charge in [0.05, 0.1) is 24.9 Å². The van der Waals surface area contributed by atoms with E-state index in [-0.39, 0.29) is 12.5 Å². The van der Waals surface area contributed by atoms with Crippen LogP contribution in [-0.4, -0.2) is 32.8 Å². The van der Waals surface area contributed by atoms with Crippen LogP contribution >= 0.6 is 0 Å². The summed E-state index contributed by atoms with van der Waals surface area (Å²) in [5.74, 6) is 0.819. The van der Waals surface area contributed by atoms with E-state index in [9.17, 15) is 4.79 Å². The number of methoxy groups -OCH3 is 1. The van der Waals surface area contributed by atoms with Crippen LogP contribution < -0.4 is 10.1 Å². The van der Waals surface area contributed by atoms with Gasteiger partial charge in [-0.15, -0.1) is 10.2 Å². The molecule has 0 aliphatic carbocycles. The van der Waals surface area contributed by atoms with Crippen LogP contribution in [0.4, 0.5) is 0 Å². The number of fused-ring (bicyclic) bond motifs is 1. The first-order valence-electron chi connectivity index (χ1n) is 8.44. The van der Waals surface area contributed by atoms with Gasteiger partial charge in [0.1, 0.15) is 5.75 Å². The number of nitrogens with one attached hydrogen (secondary N) is 1. The van der Waals surface area contributed by atoms with Crippen molar-refractivity contribution in [3.05, 3.63) is 78.1 Å². The van der Waals surface area contributed by atoms with Crippen molar-refractivity contribution in [1.29, 1.82) is 0 Å². The third kappa shape index (κ3) is 3.35. The van der Waals surface area contributed by atoms with Gasteiger partial charge in [-0.2, -0.15) is 9.61 Å². The van der Waals surface area contributed by atoms with Gasteiger partial charge in [-0.1, -0.05) is 42.5 Å². The Morgan fingerprint density at radius 2 is 1.78 bits per heavy atom. The van der Waals surface area contributed by atoms with Gasteiger partial charge in [0, 0.05) is 5.56 Å². The van der Waals surface area contributed by atoms with Crippen LogP contribution in [0.3, 0.4) is 0 Å². The molecule has 1 amide bonds. The smallest absolute Gasteiger partial charge is 0.255 e. The highest BCUT2D eigenvalue weighted by molar-refractivity contribution is 5.96. The topological polar surface area (TPSA) is 81.4 Å². The molecule has 0 unspecified atom stereocenters. The molecule has 0 spiro atoms. The molecule has 0 aliphatic heterocycles. The molecule has 7 nitrogen and oxygen atoms in total. The number of carbonyl (C=O) groups excluding carboxylic acids is 1. The van der Waals surface area contributed by atoms with E-state index in [1.54, 1.807) is 22.7 Å². The molecule has 2 heterocycles. The van der Waals surface area contributed by atoms with Gasteiger partial charge in [-0.25, -0.2) is 0 Å². The lowest BCUT2D eigenvalue weighted by Gasteiger charge is -2.08. The quantitative estimate of drug-likeness (QED) is 0.592. The highest BCUT2D eigenvalue weighted by Crippen LogP contribution is 2.18. The Morgan fingerprint density at radius 1 is 1.00 bits per heavy atom. The molecule has 0 aliphatic rings. The molecule has 0 bridgehead atoms. The van der Waals surface area contributed by atoms with E-state index < -0.39 is 0 Å². The molecule has 0 saturated carbocycles. The zero-order chi connectivity index (χ0) is 18.6. The molecule has 4 aromatic rings. The van der Waals surface area contributed by atoms with Crippen molar-refractivity contribution in [3.8, 4) is 17.0 Å². The number of aromatic nitrogens is 4. The molecule has 1 N–H and O–H groups in total. The number of nitrogens with zero attached hydrogens (tertiary/aromatic N) is 4. The first-order chi connectivity index (χ1) is 13.3. The van der Waals surface area contributed by atoms with Crippen LogP contribution in [0.25, 0.3) is 16.9 Å². The summed E-state index contributed by atoms with van der Waals surface area (Å²) in [6.45, 7) is 0.198. The largest absolute Gasteiger partial charge is 0.496 e. The van der Waals surface area contributed by atoms with Gasteiger partial charge in [0.25, 0.3) is 5.91 Å². The van der Waals surface area contributed by atoms with Gasteiger partial charge < -0.3 is 10.1 Å². The van der Waals surface area contributed by atoms with Crippen LogP contribution in [0.5, 0.6) is 5.75 Å². The van der Waals surface area contributed by atoms with Crippen molar-refractivity contribution in [1.82, 2.24) is 25.1 Å². The first kappa shape index (κ1) is 16.7. The number of benzene rings is 2.